The van der Waals surface area contributed by atoms with Gasteiger partial charge in [0.15, 0.2) is 20.9 Å². The Labute approximate surface area is 133 Å². The number of benzene rings is 3. The summed E-state index contributed by atoms with van der Waals surface area (Å²) in [7, 11) is 0. The van der Waals surface area contributed by atoms with Crippen LogP contribution in [0.4, 0.5) is 0 Å². The molecule has 0 atom stereocenters. The Hall–Kier alpha value is -2.52. The van der Waals surface area contributed by atoms with Crippen molar-refractivity contribution in [2.75, 3.05) is 0 Å². The molecule has 0 heterocycles. The van der Waals surface area contributed by atoms with E-state index in [1.807, 2.05) is 91.0 Å². The van der Waals surface area contributed by atoms with Crippen molar-refractivity contribution in [1.29, 1.82) is 0 Å². The van der Waals surface area contributed by atoms with Crippen LogP contribution in [-0.2, 0) is 11.1 Å². The third-order valence-corrected chi connectivity index (χ3v) is 5.07. The maximum atomic E-state index is 12.5. The van der Waals surface area contributed by atoms with Crippen molar-refractivity contribution in [3.8, 4) is 0 Å². The minimum Gasteiger partial charge on any atom is -0.265 e. The molecule has 1 amide bonds. The van der Waals surface area contributed by atoms with E-state index in [0.717, 1.165) is 9.79 Å². The topological polar surface area (TPSA) is 29.1 Å². The molecule has 3 heteroatoms. The van der Waals surface area contributed by atoms with Crippen LogP contribution in [-0.4, -0.2) is 5.91 Å². The van der Waals surface area contributed by atoms with E-state index in [0.29, 0.717) is 5.56 Å². The van der Waals surface area contributed by atoms with E-state index < -0.39 is 11.1 Å². The second-order valence-electron chi connectivity index (χ2n) is 4.73. The second kappa shape index (κ2) is 6.96. The lowest BCUT2D eigenvalue weighted by molar-refractivity contribution is 0.0983. The Balaban J connectivity index is 1.91. The molecule has 0 saturated carbocycles. The summed E-state index contributed by atoms with van der Waals surface area (Å²) in [5.74, 6) is -0.0587. The Morgan fingerprint density at radius 2 is 1.05 bits per heavy atom. The Morgan fingerprint density at radius 1 is 0.636 bits per heavy atom. The lowest BCUT2D eigenvalue weighted by atomic mass is 10.2. The highest BCUT2D eigenvalue weighted by Gasteiger charge is 2.28. The molecular formula is C19H16NOS+. The molecule has 0 aromatic heterocycles. The van der Waals surface area contributed by atoms with E-state index in [9.17, 15) is 4.79 Å². The molecule has 1 N–H and O–H groups in total. The van der Waals surface area contributed by atoms with Gasteiger partial charge in [0.05, 0.1) is 0 Å². The molecule has 0 bridgehead atoms. The zero-order chi connectivity index (χ0) is 15.2. The van der Waals surface area contributed by atoms with Crippen molar-refractivity contribution in [3.63, 3.8) is 0 Å². The van der Waals surface area contributed by atoms with Crippen LogP contribution in [0.5, 0.6) is 0 Å². The standard InChI is InChI=1S/C19H15NOS/c21-19(16-10-4-1-5-11-16)20-22(17-12-6-2-7-13-17)18-14-8-3-9-15-18/h1-15H/p+1. The fraction of sp³-hybridized carbons (Fsp3) is 0. The van der Waals surface area contributed by atoms with E-state index in [1.54, 1.807) is 0 Å². The molecule has 3 aromatic rings. The van der Waals surface area contributed by atoms with Crippen molar-refractivity contribution in [3.05, 3.63) is 96.6 Å². The first kappa shape index (κ1) is 14.4. The summed E-state index contributed by atoms with van der Waals surface area (Å²) < 4.78 is 3.15. The minimum atomic E-state index is -0.481. The summed E-state index contributed by atoms with van der Waals surface area (Å²) >= 11 is -0.481. The molecule has 2 nitrogen and oxygen atoms in total. The fourth-order valence-electron chi connectivity index (χ4n) is 2.11. The van der Waals surface area contributed by atoms with Crippen molar-refractivity contribution >= 4 is 17.0 Å². The van der Waals surface area contributed by atoms with Gasteiger partial charge in [0.25, 0.3) is 5.91 Å². The molecule has 0 radical (unpaired) electrons. The molecule has 3 rings (SSSR count). The Morgan fingerprint density at radius 3 is 1.50 bits per heavy atom. The maximum Gasteiger partial charge on any atom is 0.292 e. The highest BCUT2D eigenvalue weighted by atomic mass is 32.2. The predicted octanol–water partition coefficient (Wildman–Crippen LogP) is 4.07. The molecule has 0 aliphatic rings. The van der Waals surface area contributed by atoms with Crippen molar-refractivity contribution in [2.24, 2.45) is 0 Å². The second-order valence-corrected chi connectivity index (χ2v) is 6.49. The van der Waals surface area contributed by atoms with Gasteiger partial charge >= 0.3 is 0 Å². The van der Waals surface area contributed by atoms with Crippen molar-refractivity contribution < 1.29 is 4.79 Å². The van der Waals surface area contributed by atoms with Crippen LogP contribution < -0.4 is 4.72 Å². The molecule has 0 fully saturated rings. The Kier molecular flexibility index (Phi) is 4.56. The molecule has 0 aliphatic heterocycles. The highest BCUT2D eigenvalue weighted by Crippen LogP contribution is 2.21. The fourth-order valence-corrected chi connectivity index (χ4v) is 3.78. The Bertz CT molecular complexity index is 690. The summed E-state index contributed by atoms with van der Waals surface area (Å²) in [6, 6.07) is 29.4. The monoisotopic (exact) mass is 306 g/mol. The van der Waals surface area contributed by atoms with Gasteiger partial charge in [-0.2, -0.15) is 4.72 Å². The first-order valence-electron chi connectivity index (χ1n) is 7.05. The molecule has 0 aliphatic carbocycles. The van der Waals surface area contributed by atoms with Gasteiger partial charge in [-0.25, -0.2) is 0 Å². The molecule has 0 saturated heterocycles. The number of rotatable bonds is 4. The van der Waals surface area contributed by atoms with Crippen LogP contribution in [0, 0.1) is 0 Å². The van der Waals surface area contributed by atoms with Crippen LogP contribution in [0.3, 0.4) is 0 Å². The first-order valence-corrected chi connectivity index (χ1v) is 8.27. The van der Waals surface area contributed by atoms with Gasteiger partial charge in [-0.15, -0.1) is 0 Å². The quantitative estimate of drug-likeness (QED) is 0.723. The van der Waals surface area contributed by atoms with Gasteiger partial charge < -0.3 is 0 Å². The number of amides is 1. The van der Waals surface area contributed by atoms with Crippen molar-refractivity contribution in [2.45, 2.75) is 9.79 Å². The van der Waals surface area contributed by atoms with Gasteiger partial charge in [-0.1, -0.05) is 54.6 Å². The molecule has 3 aromatic carbocycles. The highest BCUT2D eigenvalue weighted by molar-refractivity contribution is 7.95. The summed E-state index contributed by atoms with van der Waals surface area (Å²) in [4.78, 5) is 14.7. The van der Waals surface area contributed by atoms with E-state index >= 15 is 0 Å². The average molecular weight is 306 g/mol. The summed E-state index contributed by atoms with van der Waals surface area (Å²) in [5.41, 5.74) is 0.673. The zero-order valence-electron chi connectivity index (χ0n) is 12.0. The van der Waals surface area contributed by atoms with E-state index in [1.165, 1.54) is 0 Å². The third-order valence-electron chi connectivity index (χ3n) is 3.19. The van der Waals surface area contributed by atoms with E-state index in [4.69, 9.17) is 0 Å². The van der Waals surface area contributed by atoms with Crippen LogP contribution in [0.2, 0.25) is 0 Å². The number of hydrogen-bond donors (Lipinski definition) is 1. The van der Waals surface area contributed by atoms with Crippen LogP contribution in [0.15, 0.2) is 101 Å². The molecule has 22 heavy (non-hydrogen) atoms. The number of hydrogen-bond acceptors (Lipinski definition) is 1. The van der Waals surface area contributed by atoms with E-state index in [-0.39, 0.29) is 5.91 Å². The summed E-state index contributed by atoms with van der Waals surface area (Å²) in [6.07, 6.45) is 0. The van der Waals surface area contributed by atoms with Crippen LogP contribution >= 0.6 is 0 Å². The molecule has 0 spiro atoms. The SMILES string of the molecule is O=C(N[S+](c1ccccc1)c1ccccc1)c1ccccc1. The maximum absolute atomic E-state index is 12.5. The third kappa shape index (κ3) is 3.38. The normalized spacial score (nSPS) is 10.4. The smallest absolute Gasteiger partial charge is 0.265 e. The molecule has 0 unspecified atom stereocenters. The van der Waals surface area contributed by atoms with Gasteiger partial charge in [0.2, 0.25) is 0 Å². The number of carbonyl (C=O) groups is 1. The van der Waals surface area contributed by atoms with Crippen LogP contribution in [0.1, 0.15) is 10.4 Å². The first-order chi connectivity index (χ1) is 10.8. The summed E-state index contributed by atoms with van der Waals surface area (Å²) in [6.45, 7) is 0. The van der Waals surface area contributed by atoms with Gasteiger partial charge in [-0.3, -0.25) is 4.79 Å². The predicted molar refractivity (Wildman–Crippen MR) is 90.7 cm³/mol. The molecule has 108 valence electrons. The largest absolute Gasteiger partial charge is 0.292 e. The van der Waals surface area contributed by atoms with Crippen molar-refractivity contribution in [1.82, 2.24) is 4.72 Å². The lowest BCUT2D eigenvalue weighted by Gasteiger charge is -2.08. The van der Waals surface area contributed by atoms with Gasteiger partial charge in [0, 0.05) is 5.56 Å². The number of carbonyl (C=O) groups excluding carboxylic acids is 1. The number of nitrogens with one attached hydrogen (secondary N) is 1. The van der Waals surface area contributed by atoms with Gasteiger partial charge in [-0.05, 0) is 36.4 Å². The van der Waals surface area contributed by atoms with Gasteiger partial charge in [0.1, 0.15) is 0 Å². The zero-order valence-corrected chi connectivity index (χ0v) is 12.8. The van der Waals surface area contributed by atoms with E-state index in [2.05, 4.69) is 4.72 Å². The summed E-state index contributed by atoms with van der Waals surface area (Å²) in [5, 5.41) is 0. The van der Waals surface area contributed by atoms with Crippen LogP contribution in [0.25, 0.3) is 0 Å². The molecular weight excluding hydrogens is 290 g/mol. The minimum absolute atomic E-state index is 0.0587. The average Bonchev–Trinajstić information content (AvgIpc) is 2.62. The lowest BCUT2D eigenvalue weighted by Crippen LogP contribution is -2.31.